The van der Waals surface area contributed by atoms with Crippen molar-refractivity contribution in [2.45, 2.75) is 18.6 Å². The molecule has 5 heteroatoms. The van der Waals surface area contributed by atoms with E-state index in [9.17, 15) is 4.79 Å². The van der Waals surface area contributed by atoms with Crippen LogP contribution in [0.25, 0.3) is 0 Å². The van der Waals surface area contributed by atoms with Crippen LogP contribution in [0.2, 0.25) is 0 Å². The van der Waals surface area contributed by atoms with Crippen LogP contribution in [0.5, 0.6) is 0 Å². The first-order valence-corrected chi connectivity index (χ1v) is 2.94. The Balaban J connectivity index is 3.56. The quantitative estimate of drug-likeness (QED) is 0.372. The zero-order chi connectivity index (χ0) is 8.15. The second-order valence-corrected chi connectivity index (χ2v) is 2.07. The Morgan fingerprint density at radius 3 is 2.40 bits per heavy atom. The predicted octanol–water partition coefficient (Wildman–Crippen LogP) is -1.89. The Bertz CT molecular complexity index is 117. The average molecular weight is 148 g/mol. The van der Waals surface area contributed by atoms with Crippen LogP contribution in [0.1, 0.15) is 6.42 Å². The Morgan fingerprint density at radius 2 is 2.10 bits per heavy atom. The number of aliphatic carboxylic acids is 1. The molecule has 0 aliphatic rings. The lowest BCUT2D eigenvalue weighted by Crippen LogP contribution is -2.36. The van der Waals surface area contributed by atoms with Crippen LogP contribution in [0.15, 0.2) is 0 Å². The van der Waals surface area contributed by atoms with Crippen LogP contribution in [0.4, 0.5) is 0 Å². The molecular formula is C5H12N2O3. The van der Waals surface area contributed by atoms with Gasteiger partial charge in [0.15, 0.2) is 0 Å². The van der Waals surface area contributed by atoms with E-state index in [0.717, 1.165) is 0 Å². The monoisotopic (exact) mass is 148 g/mol. The number of carboxylic acids is 1. The molecule has 0 aromatic carbocycles. The third-order valence-electron chi connectivity index (χ3n) is 1.12. The first-order chi connectivity index (χ1) is 4.57. The molecule has 0 bridgehead atoms. The number of hydrogen-bond donors (Lipinski definition) is 4. The van der Waals surface area contributed by atoms with Crippen molar-refractivity contribution in [3.63, 3.8) is 0 Å². The molecule has 0 unspecified atom stereocenters. The molecule has 0 amide bonds. The summed E-state index contributed by atoms with van der Waals surface area (Å²) in [6, 6.07) is -1.02. The molecule has 0 fully saturated rings. The van der Waals surface area contributed by atoms with Crippen molar-refractivity contribution in [2.75, 3.05) is 6.54 Å². The number of aliphatic hydroxyl groups excluding tert-OH is 1. The van der Waals surface area contributed by atoms with Crippen LogP contribution in [0, 0.1) is 0 Å². The van der Waals surface area contributed by atoms with Crippen LogP contribution >= 0.6 is 0 Å². The van der Waals surface area contributed by atoms with Gasteiger partial charge in [0, 0.05) is 13.0 Å². The summed E-state index contributed by atoms with van der Waals surface area (Å²) in [4.78, 5) is 10.1. The highest BCUT2D eigenvalue weighted by molar-refractivity contribution is 5.73. The fourth-order valence-electron chi connectivity index (χ4n) is 0.490. The minimum atomic E-state index is -1.12. The summed E-state index contributed by atoms with van der Waals surface area (Å²) in [7, 11) is 0. The van der Waals surface area contributed by atoms with Gasteiger partial charge in [-0.2, -0.15) is 0 Å². The molecule has 5 nitrogen and oxygen atoms in total. The molecule has 0 rings (SSSR count). The smallest absolute Gasteiger partial charge is 0.320 e. The van der Waals surface area contributed by atoms with Crippen molar-refractivity contribution in [1.29, 1.82) is 0 Å². The lowest BCUT2D eigenvalue weighted by Gasteiger charge is -2.09. The van der Waals surface area contributed by atoms with E-state index in [0.29, 0.717) is 0 Å². The lowest BCUT2D eigenvalue weighted by molar-refractivity contribution is -0.139. The van der Waals surface area contributed by atoms with Gasteiger partial charge >= 0.3 is 5.97 Å². The largest absolute Gasteiger partial charge is 0.480 e. The van der Waals surface area contributed by atoms with Crippen molar-refractivity contribution < 1.29 is 15.0 Å². The van der Waals surface area contributed by atoms with Gasteiger partial charge in [0.1, 0.15) is 6.04 Å². The molecule has 0 spiro atoms. The van der Waals surface area contributed by atoms with E-state index in [1.807, 2.05) is 0 Å². The van der Waals surface area contributed by atoms with Crippen LogP contribution < -0.4 is 11.5 Å². The van der Waals surface area contributed by atoms with Gasteiger partial charge in [-0.05, 0) is 0 Å². The first kappa shape index (κ1) is 9.35. The molecule has 0 aliphatic heterocycles. The summed E-state index contributed by atoms with van der Waals surface area (Å²) in [5, 5.41) is 17.1. The van der Waals surface area contributed by atoms with Crippen molar-refractivity contribution in [3.05, 3.63) is 0 Å². The highest BCUT2D eigenvalue weighted by Gasteiger charge is 2.15. The molecule has 0 aromatic rings. The van der Waals surface area contributed by atoms with Crippen molar-refractivity contribution >= 4 is 5.97 Å². The number of rotatable bonds is 4. The number of hydrogen-bond acceptors (Lipinski definition) is 4. The maximum Gasteiger partial charge on any atom is 0.320 e. The third-order valence-corrected chi connectivity index (χ3v) is 1.12. The minimum absolute atomic E-state index is 0.00579. The zero-order valence-electron chi connectivity index (χ0n) is 5.53. The van der Waals surface area contributed by atoms with Gasteiger partial charge in [-0.1, -0.05) is 0 Å². The highest BCUT2D eigenvalue weighted by Crippen LogP contribution is 1.93. The van der Waals surface area contributed by atoms with Gasteiger partial charge in [0.2, 0.25) is 0 Å². The number of nitrogens with two attached hydrogens (primary N) is 2. The van der Waals surface area contributed by atoms with E-state index in [2.05, 4.69) is 0 Å². The summed E-state index contributed by atoms with van der Waals surface area (Å²) in [6.07, 6.45) is -0.808. The Morgan fingerprint density at radius 1 is 1.60 bits per heavy atom. The third kappa shape index (κ3) is 3.39. The minimum Gasteiger partial charge on any atom is -0.480 e. The van der Waals surface area contributed by atoms with E-state index in [1.54, 1.807) is 0 Å². The molecule has 0 saturated heterocycles. The van der Waals surface area contributed by atoms with Gasteiger partial charge in [-0.25, -0.2) is 0 Å². The summed E-state index contributed by atoms with van der Waals surface area (Å²) >= 11 is 0. The van der Waals surface area contributed by atoms with E-state index < -0.39 is 18.1 Å². The summed E-state index contributed by atoms with van der Waals surface area (Å²) in [6.45, 7) is 0.0426. The Hall–Kier alpha value is -0.650. The summed E-state index contributed by atoms with van der Waals surface area (Å²) < 4.78 is 0. The number of carbonyl (C=O) groups is 1. The van der Waals surface area contributed by atoms with Gasteiger partial charge in [-0.15, -0.1) is 0 Å². The molecule has 2 atom stereocenters. The molecule has 10 heavy (non-hydrogen) atoms. The molecule has 60 valence electrons. The van der Waals surface area contributed by atoms with Crippen LogP contribution in [-0.2, 0) is 4.79 Å². The van der Waals surface area contributed by atoms with Crippen LogP contribution in [0.3, 0.4) is 0 Å². The fraction of sp³-hybridized carbons (Fsp3) is 0.800. The van der Waals surface area contributed by atoms with Crippen molar-refractivity contribution in [3.8, 4) is 0 Å². The van der Waals surface area contributed by atoms with Crippen molar-refractivity contribution in [2.24, 2.45) is 11.5 Å². The number of carboxylic acid groups (broad SMARTS) is 1. The van der Waals surface area contributed by atoms with Crippen molar-refractivity contribution in [1.82, 2.24) is 0 Å². The molecule has 0 heterocycles. The van der Waals surface area contributed by atoms with E-state index >= 15 is 0 Å². The Kier molecular flexibility index (Phi) is 3.94. The van der Waals surface area contributed by atoms with Gasteiger partial charge < -0.3 is 21.7 Å². The lowest BCUT2D eigenvalue weighted by atomic mass is 10.1. The van der Waals surface area contributed by atoms with Gasteiger partial charge in [-0.3, -0.25) is 4.79 Å². The second-order valence-electron chi connectivity index (χ2n) is 2.07. The maximum absolute atomic E-state index is 10.1. The van der Waals surface area contributed by atoms with E-state index in [1.165, 1.54) is 0 Å². The van der Waals surface area contributed by atoms with Gasteiger partial charge in [0.25, 0.3) is 0 Å². The predicted molar refractivity (Wildman–Crippen MR) is 35.3 cm³/mol. The zero-order valence-corrected chi connectivity index (χ0v) is 5.53. The van der Waals surface area contributed by atoms with E-state index in [-0.39, 0.29) is 13.0 Å². The average Bonchev–Trinajstić information content (AvgIpc) is 1.87. The molecular weight excluding hydrogens is 136 g/mol. The molecule has 6 N–H and O–H groups in total. The standard InChI is InChI=1S/C5H12N2O3/c6-2-3(8)1-4(7)5(9)10/h3-4,8H,1-2,6-7H2,(H,9,10)/t3-,4+/m0/s1. The molecule has 0 saturated carbocycles. The fourth-order valence-corrected chi connectivity index (χ4v) is 0.490. The number of aliphatic hydroxyl groups is 1. The second kappa shape index (κ2) is 4.21. The van der Waals surface area contributed by atoms with Gasteiger partial charge in [0.05, 0.1) is 6.10 Å². The normalized spacial score (nSPS) is 16.3. The Labute approximate surface area is 58.6 Å². The molecule has 0 aliphatic carbocycles. The van der Waals surface area contributed by atoms with Crippen LogP contribution in [-0.4, -0.2) is 34.9 Å². The molecule has 0 radical (unpaired) electrons. The topological polar surface area (TPSA) is 110 Å². The SMILES string of the molecule is NC[C@@H](O)C[C@@H](N)C(=O)O. The summed E-state index contributed by atoms with van der Waals surface area (Å²) in [5.74, 6) is -1.12. The van der Waals surface area contributed by atoms with E-state index in [4.69, 9.17) is 21.7 Å². The first-order valence-electron chi connectivity index (χ1n) is 2.94. The summed E-state index contributed by atoms with van der Waals surface area (Å²) in [5.41, 5.74) is 10.1. The maximum atomic E-state index is 10.1. The highest BCUT2D eigenvalue weighted by atomic mass is 16.4. The molecule has 0 aromatic heterocycles.